The Labute approximate surface area is 97.2 Å². The Hall–Kier alpha value is -1.40. The summed E-state index contributed by atoms with van der Waals surface area (Å²) in [6, 6.07) is 5.94. The first-order valence-electron chi connectivity index (χ1n) is 5.22. The molecule has 1 fully saturated rings. The Kier molecular flexibility index (Phi) is 3.75. The molecule has 0 spiro atoms. The normalized spacial score (nSPS) is 24.0. The van der Waals surface area contributed by atoms with Crippen molar-refractivity contribution in [2.45, 2.75) is 18.8 Å². The molecule has 0 saturated carbocycles. The summed E-state index contributed by atoms with van der Waals surface area (Å²) in [5.74, 6) is 0.105. The van der Waals surface area contributed by atoms with Gasteiger partial charge in [-0.05, 0) is 24.3 Å². The van der Waals surface area contributed by atoms with Crippen LogP contribution in [0.2, 0.25) is 0 Å². The van der Waals surface area contributed by atoms with E-state index in [1.165, 1.54) is 12.1 Å². The number of benzene rings is 1. The summed E-state index contributed by atoms with van der Waals surface area (Å²) in [7, 11) is 0. The molecule has 2 atom stereocenters. The van der Waals surface area contributed by atoms with Crippen LogP contribution in [0.4, 0.5) is 14.5 Å². The molecule has 2 N–H and O–H groups in total. The maximum Gasteiger partial charge on any atom is 0.387 e. The highest BCUT2D eigenvalue weighted by Crippen LogP contribution is 2.19. The van der Waals surface area contributed by atoms with Crippen LogP contribution in [-0.2, 0) is 4.74 Å². The van der Waals surface area contributed by atoms with Crippen molar-refractivity contribution in [3.8, 4) is 5.75 Å². The summed E-state index contributed by atoms with van der Waals surface area (Å²) in [6.07, 6.45) is -0.549. The van der Waals surface area contributed by atoms with Crippen LogP contribution < -0.4 is 10.1 Å². The number of nitrogens with one attached hydrogen (secondary N) is 1. The summed E-state index contributed by atoms with van der Waals surface area (Å²) >= 11 is 0. The zero-order valence-corrected chi connectivity index (χ0v) is 8.98. The Morgan fingerprint density at radius 3 is 2.53 bits per heavy atom. The number of alkyl halides is 2. The van der Waals surface area contributed by atoms with Crippen LogP contribution >= 0.6 is 0 Å². The molecule has 2 rings (SSSR count). The number of aliphatic hydroxyl groups is 1. The van der Waals surface area contributed by atoms with E-state index in [-0.39, 0.29) is 11.8 Å². The van der Waals surface area contributed by atoms with Crippen LogP contribution in [0, 0.1) is 0 Å². The summed E-state index contributed by atoms with van der Waals surface area (Å²) < 4.78 is 33.1. The number of aliphatic hydroxyl groups excluding tert-OH is 1. The van der Waals surface area contributed by atoms with Crippen molar-refractivity contribution in [3.63, 3.8) is 0 Å². The second-order valence-corrected chi connectivity index (χ2v) is 3.76. The molecule has 94 valence electrons. The molecular formula is C11H13F2NO3. The third-order valence-electron chi connectivity index (χ3n) is 2.48. The Bertz CT molecular complexity index is 358. The molecule has 1 aliphatic heterocycles. The van der Waals surface area contributed by atoms with E-state index in [0.717, 1.165) is 5.69 Å². The van der Waals surface area contributed by atoms with Gasteiger partial charge in [0.1, 0.15) is 5.75 Å². The van der Waals surface area contributed by atoms with Gasteiger partial charge in [-0.1, -0.05) is 0 Å². The van der Waals surface area contributed by atoms with Gasteiger partial charge in [0.15, 0.2) is 0 Å². The first-order valence-corrected chi connectivity index (χ1v) is 5.22. The van der Waals surface area contributed by atoms with E-state index in [1.807, 2.05) is 0 Å². The molecule has 0 bridgehead atoms. The number of hydrogen-bond donors (Lipinski definition) is 2. The summed E-state index contributed by atoms with van der Waals surface area (Å²) in [6.45, 7) is -2.08. The van der Waals surface area contributed by atoms with E-state index < -0.39 is 12.7 Å². The molecule has 0 aliphatic carbocycles. The molecule has 1 aliphatic rings. The van der Waals surface area contributed by atoms with E-state index in [4.69, 9.17) is 4.74 Å². The summed E-state index contributed by atoms with van der Waals surface area (Å²) in [4.78, 5) is 0. The third-order valence-corrected chi connectivity index (χ3v) is 2.48. The van der Waals surface area contributed by atoms with Crippen molar-refractivity contribution in [2.75, 3.05) is 18.5 Å². The molecule has 1 aromatic rings. The third kappa shape index (κ3) is 3.28. The molecule has 1 aromatic carbocycles. The fourth-order valence-corrected chi connectivity index (χ4v) is 1.63. The number of ether oxygens (including phenoxy) is 2. The van der Waals surface area contributed by atoms with E-state index in [9.17, 15) is 13.9 Å². The molecule has 4 nitrogen and oxygen atoms in total. The number of rotatable bonds is 4. The van der Waals surface area contributed by atoms with Gasteiger partial charge in [0.2, 0.25) is 0 Å². The second kappa shape index (κ2) is 5.29. The van der Waals surface area contributed by atoms with Gasteiger partial charge in [-0.3, -0.25) is 0 Å². The predicted molar refractivity (Wildman–Crippen MR) is 57.3 cm³/mol. The van der Waals surface area contributed by atoms with Crippen LogP contribution in [0.1, 0.15) is 0 Å². The van der Waals surface area contributed by atoms with Crippen molar-refractivity contribution in [1.82, 2.24) is 0 Å². The highest BCUT2D eigenvalue weighted by atomic mass is 19.3. The van der Waals surface area contributed by atoms with E-state index in [0.29, 0.717) is 13.2 Å². The molecule has 1 saturated heterocycles. The fraction of sp³-hybridized carbons (Fsp3) is 0.455. The molecular weight excluding hydrogens is 232 g/mol. The predicted octanol–water partition coefficient (Wildman–Crippen LogP) is 1.46. The van der Waals surface area contributed by atoms with Gasteiger partial charge in [0, 0.05) is 5.69 Å². The fourth-order valence-electron chi connectivity index (χ4n) is 1.63. The van der Waals surface area contributed by atoms with Crippen LogP contribution in [-0.4, -0.2) is 37.1 Å². The number of halogens is 2. The van der Waals surface area contributed by atoms with Gasteiger partial charge in [0.05, 0.1) is 25.4 Å². The van der Waals surface area contributed by atoms with Gasteiger partial charge in [-0.25, -0.2) is 0 Å². The minimum absolute atomic E-state index is 0.105. The number of anilines is 1. The average Bonchev–Trinajstić information content (AvgIpc) is 2.67. The summed E-state index contributed by atoms with van der Waals surface area (Å²) in [5, 5.41) is 12.6. The molecule has 17 heavy (non-hydrogen) atoms. The maximum absolute atomic E-state index is 11.9. The molecule has 1 heterocycles. The molecule has 0 amide bonds. The first kappa shape index (κ1) is 12.1. The van der Waals surface area contributed by atoms with Crippen molar-refractivity contribution in [2.24, 2.45) is 0 Å². The van der Waals surface area contributed by atoms with Gasteiger partial charge in [-0.2, -0.15) is 8.78 Å². The van der Waals surface area contributed by atoms with Crippen LogP contribution in [0.15, 0.2) is 24.3 Å². The Morgan fingerprint density at radius 1 is 1.29 bits per heavy atom. The molecule has 2 unspecified atom stereocenters. The van der Waals surface area contributed by atoms with Gasteiger partial charge in [0.25, 0.3) is 0 Å². The minimum Gasteiger partial charge on any atom is -0.435 e. The zero-order chi connectivity index (χ0) is 12.3. The van der Waals surface area contributed by atoms with Gasteiger partial charge < -0.3 is 19.9 Å². The van der Waals surface area contributed by atoms with E-state index >= 15 is 0 Å². The van der Waals surface area contributed by atoms with Gasteiger partial charge >= 0.3 is 6.61 Å². The average molecular weight is 245 g/mol. The van der Waals surface area contributed by atoms with Gasteiger partial charge in [-0.15, -0.1) is 0 Å². The topological polar surface area (TPSA) is 50.7 Å². The van der Waals surface area contributed by atoms with Crippen molar-refractivity contribution < 1.29 is 23.4 Å². The van der Waals surface area contributed by atoms with Crippen LogP contribution in [0.5, 0.6) is 5.75 Å². The SMILES string of the molecule is OC1COCC1Nc1ccc(OC(F)F)cc1. The largest absolute Gasteiger partial charge is 0.435 e. The molecule has 6 heteroatoms. The number of hydrogen-bond acceptors (Lipinski definition) is 4. The van der Waals surface area contributed by atoms with Crippen molar-refractivity contribution in [1.29, 1.82) is 0 Å². The van der Waals surface area contributed by atoms with Crippen molar-refractivity contribution >= 4 is 5.69 Å². The minimum atomic E-state index is -2.82. The highest BCUT2D eigenvalue weighted by Gasteiger charge is 2.25. The molecule has 0 aromatic heterocycles. The lowest BCUT2D eigenvalue weighted by atomic mass is 10.2. The lowest BCUT2D eigenvalue weighted by Crippen LogP contribution is -2.31. The Morgan fingerprint density at radius 2 is 2.00 bits per heavy atom. The molecule has 0 radical (unpaired) electrons. The van der Waals surface area contributed by atoms with E-state index in [2.05, 4.69) is 10.1 Å². The van der Waals surface area contributed by atoms with Crippen molar-refractivity contribution in [3.05, 3.63) is 24.3 Å². The van der Waals surface area contributed by atoms with Crippen LogP contribution in [0.3, 0.4) is 0 Å². The zero-order valence-electron chi connectivity index (χ0n) is 8.98. The first-order chi connectivity index (χ1) is 8.15. The maximum atomic E-state index is 11.9. The smallest absolute Gasteiger partial charge is 0.387 e. The van der Waals surface area contributed by atoms with E-state index in [1.54, 1.807) is 12.1 Å². The lowest BCUT2D eigenvalue weighted by Gasteiger charge is -2.16. The monoisotopic (exact) mass is 245 g/mol. The standard InChI is InChI=1S/C11H13F2NO3/c12-11(13)17-8-3-1-7(2-4-8)14-9-5-16-6-10(9)15/h1-4,9-11,14-15H,5-6H2. The Balaban J connectivity index is 1.93. The highest BCUT2D eigenvalue weighted by molar-refractivity contribution is 5.47. The summed E-state index contributed by atoms with van der Waals surface area (Å²) in [5.41, 5.74) is 0.723. The lowest BCUT2D eigenvalue weighted by molar-refractivity contribution is -0.0498. The quantitative estimate of drug-likeness (QED) is 0.843. The second-order valence-electron chi connectivity index (χ2n) is 3.76. The van der Waals surface area contributed by atoms with Crippen LogP contribution in [0.25, 0.3) is 0 Å².